The number of hydrogen-bond acceptors (Lipinski definition) is 3. The van der Waals surface area contributed by atoms with Gasteiger partial charge in [0.15, 0.2) is 0 Å². The van der Waals surface area contributed by atoms with E-state index in [0.717, 1.165) is 12.1 Å². The third-order valence-electron chi connectivity index (χ3n) is 3.23. The molecule has 0 atom stereocenters. The van der Waals surface area contributed by atoms with Crippen LogP contribution >= 0.6 is 0 Å². The van der Waals surface area contributed by atoms with E-state index >= 15 is 0 Å². The molecule has 0 aliphatic carbocycles. The van der Waals surface area contributed by atoms with Crippen LogP contribution in [0.2, 0.25) is 0 Å². The molecule has 0 aromatic heterocycles. The van der Waals surface area contributed by atoms with Gasteiger partial charge in [0, 0.05) is 0 Å². The van der Waals surface area contributed by atoms with Crippen molar-refractivity contribution in [1.29, 1.82) is 0 Å². The quantitative estimate of drug-likeness (QED) is 0.350. The van der Waals surface area contributed by atoms with Crippen LogP contribution in [0.3, 0.4) is 0 Å². The fraction of sp³-hybridized carbons (Fsp3) is 0.0526. The zero-order valence-corrected chi connectivity index (χ0v) is 18.1. The van der Waals surface area contributed by atoms with Crippen LogP contribution in [0.25, 0.3) is 0 Å². The number of alkyl halides is 3. The molecule has 140 valence electrons. The molecule has 0 fully saturated rings. The van der Waals surface area contributed by atoms with Crippen LogP contribution in [0.5, 0.6) is 0 Å². The fourth-order valence-corrected chi connectivity index (χ4v) is 6.43. The van der Waals surface area contributed by atoms with Crippen molar-refractivity contribution in [2.45, 2.75) is 11.1 Å². The van der Waals surface area contributed by atoms with Gasteiger partial charge in [-0.05, 0) is 12.1 Å². The van der Waals surface area contributed by atoms with Gasteiger partial charge in [-0.3, -0.25) is 0 Å². The van der Waals surface area contributed by atoms with Crippen molar-refractivity contribution in [1.82, 2.24) is 0 Å². The molecular formula is C19H14BiF3O3S. The molecule has 0 aliphatic rings. The summed E-state index contributed by atoms with van der Waals surface area (Å²) in [4.78, 5) is -1.24. The first kappa shape index (κ1) is 21.5. The Labute approximate surface area is 167 Å². The van der Waals surface area contributed by atoms with Crippen molar-refractivity contribution in [3.63, 3.8) is 0 Å². The number of benzene rings is 3. The van der Waals surface area contributed by atoms with E-state index in [1.165, 1.54) is 0 Å². The Bertz CT molecular complexity index is 923. The first-order valence-corrected chi connectivity index (χ1v) is 12.5. The molecule has 0 unspecified atom stereocenters. The molecule has 0 saturated carbocycles. The van der Waals surface area contributed by atoms with Crippen molar-refractivity contribution < 1.29 is 26.1 Å². The maximum atomic E-state index is 12.2. The van der Waals surface area contributed by atoms with E-state index in [9.17, 15) is 26.1 Å². The fourth-order valence-electron chi connectivity index (χ4n) is 2.07. The van der Waals surface area contributed by atoms with Crippen LogP contribution < -0.4 is 6.54 Å². The minimum atomic E-state index is -5.09. The van der Waals surface area contributed by atoms with E-state index in [1.54, 1.807) is 6.54 Å². The molecule has 3 aromatic rings. The van der Waals surface area contributed by atoms with Crippen molar-refractivity contribution in [2.24, 2.45) is 0 Å². The van der Waals surface area contributed by atoms with Gasteiger partial charge in [-0.1, -0.05) is 12.1 Å². The summed E-state index contributed by atoms with van der Waals surface area (Å²) in [6.07, 6.45) is -4.84. The first-order valence-electron chi connectivity index (χ1n) is 7.62. The number of hydrogen-bond donors (Lipinski definition) is 0. The Hall–Kier alpha value is -1.76. The first-order chi connectivity index (χ1) is 12.7. The summed E-state index contributed by atoms with van der Waals surface area (Å²) >= 11 is -0.613. The third-order valence-corrected chi connectivity index (χ3v) is 8.45. The van der Waals surface area contributed by atoms with Crippen LogP contribution in [0.1, 0.15) is 5.56 Å². The zero-order valence-electron chi connectivity index (χ0n) is 13.8. The third kappa shape index (κ3) is 7.05. The van der Waals surface area contributed by atoms with Crippen molar-refractivity contribution in [3.05, 3.63) is 90.5 Å². The molecule has 3 rings (SSSR count). The second-order valence-corrected chi connectivity index (χ2v) is 11.5. The van der Waals surface area contributed by atoms with Gasteiger partial charge in [0.2, 0.25) is 0 Å². The average molecular weight is 588 g/mol. The molecule has 0 spiro atoms. The van der Waals surface area contributed by atoms with Gasteiger partial charge in [-0.2, -0.15) is 13.2 Å². The predicted molar refractivity (Wildman–Crippen MR) is 97.3 cm³/mol. The summed E-state index contributed by atoms with van der Waals surface area (Å²) in [6, 6.07) is 24.9. The van der Waals surface area contributed by atoms with Gasteiger partial charge in [0.25, 0.3) is 0 Å². The van der Waals surface area contributed by atoms with Gasteiger partial charge in [-0.15, -0.1) is 0 Å². The Morgan fingerprint density at radius 2 is 1.11 bits per heavy atom. The van der Waals surface area contributed by atoms with Crippen LogP contribution in [-0.2, 0) is 16.3 Å². The molecular weight excluding hydrogens is 574 g/mol. The van der Waals surface area contributed by atoms with Crippen LogP contribution in [0.4, 0.5) is 13.2 Å². The van der Waals surface area contributed by atoms with E-state index in [4.69, 9.17) is 0 Å². The van der Waals surface area contributed by atoms with E-state index in [1.807, 2.05) is 0 Å². The molecule has 2 radical (unpaired) electrons. The summed E-state index contributed by atoms with van der Waals surface area (Å²) < 4.78 is 71.0. The maximum absolute atomic E-state index is 12.2. The molecule has 0 bridgehead atoms. The van der Waals surface area contributed by atoms with Gasteiger partial charge < -0.3 is 4.55 Å². The Balaban J connectivity index is 0.000000194. The van der Waals surface area contributed by atoms with Gasteiger partial charge >= 0.3 is 96.6 Å². The van der Waals surface area contributed by atoms with Crippen LogP contribution in [0.15, 0.2) is 89.8 Å². The standard InChI is InChI=1S/C7H5F3O3S.2C6H5.Bi/c8-7(9,10)5-3-1-2-4-6(5)14(11,12)13;2*1-2-4-6-5-3-1;/h1-4H,(H,11,12,13);2*1-5H;/q;;;+1/p-1. The molecule has 3 aromatic carbocycles. The summed E-state index contributed by atoms with van der Waals surface area (Å²) in [5.41, 5.74) is -1.44. The predicted octanol–water partition coefficient (Wildman–Crippen LogP) is 2.95. The molecule has 8 heteroatoms. The number of rotatable bonds is 3. The molecule has 0 aliphatic heterocycles. The number of halogens is 3. The monoisotopic (exact) mass is 588 g/mol. The molecule has 0 amide bonds. The van der Waals surface area contributed by atoms with Crippen molar-refractivity contribution in [3.8, 4) is 0 Å². The van der Waals surface area contributed by atoms with Crippen LogP contribution in [-0.4, -0.2) is 36.2 Å². The Kier molecular flexibility index (Phi) is 7.53. The van der Waals surface area contributed by atoms with Crippen molar-refractivity contribution in [2.75, 3.05) is 0 Å². The SMILES string of the molecule is O=S(=O)([O-])c1ccccc1C(F)(F)F.c1cc[c]([Bi+][c]2ccccc2)cc1. The van der Waals surface area contributed by atoms with Crippen LogP contribution in [0, 0.1) is 0 Å². The Morgan fingerprint density at radius 1 is 0.704 bits per heavy atom. The summed E-state index contributed by atoms with van der Waals surface area (Å²) in [7, 11) is -5.09. The topological polar surface area (TPSA) is 57.2 Å². The molecule has 0 saturated heterocycles. The molecule has 0 heterocycles. The zero-order chi connectivity index (χ0) is 19.9. The van der Waals surface area contributed by atoms with Gasteiger partial charge in [-0.25, -0.2) is 8.42 Å². The van der Waals surface area contributed by atoms with E-state index < -0.39 is 50.0 Å². The normalized spacial score (nSPS) is 11.4. The summed E-state index contributed by atoms with van der Waals surface area (Å²) in [6.45, 7) is 0. The van der Waals surface area contributed by atoms with Gasteiger partial charge in [0.05, 0.1) is 10.5 Å². The van der Waals surface area contributed by atoms with E-state index in [-0.39, 0.29) is 0 Å². The minimum absolute atomic E-state index is 0.546. The summed E-state index contributed by atoms with van der Waals surface area (Å²) in [5.74, 6) is 0. The molecule has 0 N–H and O–H groups in total. The summed E-state index contributed by atoms with van der Waals surface area (Å²) in [5, 5.41) is 0. The van der Waals surface area contributed by atoms with E-state index in [2.05, 4.69) is 60.7 Å². The Morgan fingerprint density at radius 3 is 1.48 bits per heavy atom. The average Bonchev–Trinajstić information content (AvgIpc) is 2.63. The second-order valence-electron chi connectivity index (χ2n) is 5.23. The van der Waals surface area contributed by atoms with Gasteiger partial charge in [0.1, 0.15) is 10.1 Å². The molecule has 3 nitrogen and oxygen atoms in total. The molecule has 27 heavy (non-hydrogen) atoms. The van der Waals surface area contributed by atoms with E-state index in [0.29, 0.717) is 12.1 Å². The van der Waals surface area contributed by atoms with Crippen molar-refractivity contribution >= 4 is 39.9 Å². The second kappa shape index (κ2) is 9.44.